The maximum atomic E-state index is 11.8. The number of benzene rings is 1. The second-order valence-electron chi connectivity index (χ2n) is 4.59. The Hall–Kier alpha value is -2.69. The van der Waals surface area contributed by atoms with Crippen molar-refractivity contribution in [3.8, 4) is 11.3 Å². The molecule has 3 rings (SSSR count). The van der Waals surface area contributed by atoms with Crippen LogP contribution in [0.3, 0.4) is 0 Å². The zero-order chi connectivity index (χ0) is 14.1. The second-order valence-corrected chi connectivity index (χ2v) is 4.59. The number of carbonyl (C=O) groups excluding carboxylic acids is 2. The van der Waals surface area contributed by atoms with Gasteiger partial charge in [-0.3, -0.25) is 9.59 Å². The molecule has 2 aromatic rings. The summed E-state index contributed by atoms with van der Waals surface area (Å²) in [5.41, 5.74) is 2.28. The van der Waals surface area contributed by atoms with Gasteiger partial charge in [-0.25, -0.2) is 5.01 Å². The largest absolute Gasteiger partial charge is 0.453 e. The van der Waals surface area contributed by atoms with E-state index in [1.165, 1.54) is 5.01 Å². The number of anilines is 1. The van der Waals surface area contributed by atoms with Crippen LogP contribution in [0.4, 0.5) is 5.69 Å². The zero-order valence-electron chi connectivity index (χ0n) is 10.9. The Kier molecular flexibility index (Phi) is 2.95. The van der Waals surface area contributed by atoms with Crippen LogP contribution in [-0.4, -0.2) is 17.9 Å². The predicted molar refractivity (Wildman–Crippen MR) is 74.7 cm³/mol. The Bertz CT molecular complexity index is 715. The van der Waals surface area contributed by atoms with Crippen LogP contribution in [0, 0.1) is 0 Å². The molecule has 20 heavy (non-hydrogen) atoms. The van der Waals surface area contributed by atoms with Gasteiger partial charge < -0.3 is 4.42 Å². The van der Waals surface area contributed by atoms with E-state index in [0.717, 1.165) is 11.3 Å². The van der Waals surface area contributed by atoms with Crippen molar-refractivity contribution in [3.63, 3.8) is 0 Å². The summed E-state index contributed by atoms with van der Waals surface area (Å²) < 4.78 is 5.38. The SMILES string of the molecule is CC1=NN(c2cccc(-c3ccc(C=O)o3)c2)C(=O)C1. The van der Waals surface area contributed by atoms with Gasteiger partial charge in [0.25, 0.3) is 5.91 Å². The minimum Gasteiger partial charge on any atom is -0.453 e. The lowest BCUT2D eigenvalue weighted by molar-refractivity contribution is -0.116. The van der Waals surface area contributed by atoms with Gasteiger partial charge in [0.2, 0.25) is 0 Å². The average molecular weight is 268 g/mol. The van der Waals surface area contributed by atoms with E-state index < -0.39 is 0 Å². The molecule has 5 heteroatoms. The fraction of sp³-hybridized carbons (Fsp3) is 0.133. The third-order valence-corrected chi connectivity index (χ3v) is 3.03. The van der Waals surface area contributed by atoms with Crippen molar-refractivity contribution in [3.05, 3.63) is 42.2 Å². The maximum absolute atomic E-state index is 11.8. The van der Waals surface area contributed by atoms with Gasteiger partial charge in [-0.15, -0.1) is 0 Å². The monoisotopic (exact) mass is 268 g/mol. The molecule has 1 aliphatic rings. The number of hydrazone groups is 1. The van der Waals surface area contributed by atoms with Gasteiger partial charge in [0, 0.05) is 11.3 Å². The van der Waals surface area contributed by atoms with Crippen LogP contribution >= 0.6 is 0 Å². The number of hydrogen-bond donors (Lipinski definition) is 0. The Balaban J connectivity index is 1.97. The molecule has 1 amide bonds. The summed E-state index contributed by atoms with van der Waals surface area (Å²) in [6, 6.07) is 10.6. The zero-order valence-corrected chi connectivity index (χ0v) is 10.9. The van der Waals surface area contributed by atoms with E-state index in [0.29, 0.717) is 24.2 Å². The molecule has 1 aromatic heterocycles. The molecule has 0 saturated carbocycles. The second kappa shape index (κ2) is 4.77. The van der Waals surface area contributed by atoms with Crippen LogP contribution in [0.2, 0.25) is 0 Å². The number of furan rings is 1. The van der Waals surface area contributed by atoms with Gasteiger partial charge >= 0.3 is 0 Å². The molecule has 0 N–H and O–H groups in total. The molecule has 0 spiro atoms. The summed E-state index contributed by atoms with van der Waals surface area (Å²) >= 11 is 0. The standard InChI is InChI=1S/C15H12N2O3/c1-10-7-15(19)17(16-10)12-4-2-3-11(8-12)14-6-5-13(9-18)20-14/h2-6,8-9H,7H2,1H3. The van der Waals surface area contributed by atoms with Crippen LogP contribution in [0.25, 0.3) is 11.3 Å². The Morgan fingerprint density at radius 1 is 1.30 bits per heavy atom. The van der Waals surface area contributed by atoms with Gasteiger partial charge in [-0.05, 0) is 31.2 Å². The third kappa shape index (κ3) is 2.14. The number of rotatable bonds is 3. The fourth-order valence-corrected chi connectivity index (χ4v) is 2.12. The Labute approximate surface area is 115 Å². The molecule has 0 fully saturated rings. The van der Waals surface area contributed by atoms with Gasteiger partial charge in [0.05, 0.1) is 12.1 Å². The van der Waals surface area contributed by atoms with Crippen molar-refractivity contribution < 1.29 is 14.0 Å². The Morgan fingerprint density at radius 3 is 2.80 bits per heavy atom. The summed E-state index contributed by atoms with van der Waals surface area (Å²) in [5.74, 6) is 0.811. The molecule has 0 radical (unpaired) electrons. The summed E-state index contributed by atoms with van der Waals surface area (Å²) in [5, 5.41) is 5.60. The number of amides is 1. The van der Waals surface area contributed by atoms with Crippen molar-refractivity contribution in [1.82, 2.24) is 0 Å². The molecule has 0 unspecified atom stereocenters. The molecule has 100 valence electrons. The van der Waals surface area contributed by atoms with Crippen LogP contribution in [0.1, 0.15) is 23.9 Å². The van der Waals surface area contributed by atoms with Crippen molar-refractivity contribution in [1.29, 1.82) is 0 Å². The fourth-order valence-electron chi connectivity index (χ4n) is 2.12. The molecule has 2 heterocycles. The van der Waals surface area contributed by atoms with Crippen LogP contribution in [0.5, 0.6) is 0 Å². The number of hydrogen-bond acceptors (Lipinski definition) is 4. The van der Waals surface area contributed by atoms with Crippen LogP contribution in [-0.2, 0) is 4.79 Å². The molecule has 0 bridgehead atoms. The van der Waals surface area contributed by atoms with E-state index in [1.807, 2.05) is 31.2 Å². The highest BCUT2D eigenvalue weighted by Crippen LogP contribution is 2.28. The van der Waals surface area contributed by atoms with Gasteiger partial charge in [-0.2, -0.15) is 5.10 Å². The molecule has 1 aromatic carbocycles. The summed E-state index contributed by atoms with van der Waals surface area (Å²) in [6.07, 6.45) is 1.01. The van der Waals surface area contributed by atoms with Gasteiger partial charge in [-0.1, -0.05) is 12.1 Å². The minimum atomic E-state index is -0.0484. The summed E-state index contributed by atoms with van der Waals surface area (Å²) in [7, 11) is 0. The summed E-state index contributed by atoms with van der Waals surface area (Å²) in [6.45, 7) is 1.82. The first-order chi connectivity index (χ1) is 9.67. The highest BCUT2D eigenvalue weighted by atomic mass is 16.3. The lowest BCUT2D eigenvalue weighted by Crippen LogP contribution is -2.19. The topological polar surface area (TPSA) is 62.9 Å². The lowest BCUT2D eigenvalue weighted by Gasteiger charge is -2.12. The normalized spacial score (nSPS) is 14.6. The van der Waals surface area contributed by atoms with E-state index >= 15 is 0 Å². The van der Waals surface area contributed by atoms with E-state index in [1.54, 1.807) is 12.1 Å². The van der Waals surface area contributed by atoms with Crippen LogP contribution in [0.15, 0.2) is 45.9 Å². The van der Waals surface area contributed by atoms with E-state index in [2.05, 4.69) is 5.10 Å². The number of carbonyl (C=O) groups is 2. The molecule has 1 aliphatic heterocycles. The molecule has 0 atom stereocenters. The van der Waals surface area contributed by atoms with Crippen LogP contribution < -0.4 is 5.01 Å². The quantitative estimate of drug-likeness (QED) is 0.804. The van der Waals surface area contributed by atoms with Crippen molar-refractivity contribution in [2.24, 2.45) is 5.10 Å². The van der Waals surface area contributed by atoms with Crippen molar-refractivity contribution >= 4 is 23.6 Å². The Morgan fingerprint density at radius 2 is 2.15 bits per heavy atom. The van der Waals surface area contributed by atoms with Gasteiger partial charge in [0.1, 0.15) is 5.76 Å². The third-order valence-electron chi connectivity index (χ3n) is 3.03. The number of aldehydes is 1. The molecule has 0 saturated heterocycles. The van der Waals surface area contributed by atoms with E-state index in [-0.39, 0.29) is 11.7 Å². The number of nitrogens with zero attached hydrogens (tertiary/aromatic N) is 2. The lowest BCUT2D eigenvalue weighted by atomic mass is 10.1. The first-order valence-electron chi connectivity index (χ1n) is 6.20. The van der Waals surface area contributed by atoms with Crippen molar-refractivity contribution in [2.75, 3.05) is 5.01 Å². The van der Waals surface area contributed by atoms with E-state index in [4.69, 9.17) is 4.42 Å². The smallest absolute Gasteiger partial charge is 0.253 e. The van der Waals surface area contributed by atoms with Gasteiger partial charge in [0.15, 0.2) is 12.0 Å². The predicted octanol–water partition coefficient (Wildman–Crippen LogP) is 2.87. The highest BCUT2D eigenvalue weighted by molar-refractivity contribution is 6.12. The first kappa shape index (κ1) is 12.3. The molecule has 5 nitrogen and oxygen atoms in total. The summed E-state index contributed by atoms with van der Waals surface area (Å²) in [4.78, 5) is 22.5. The van der Waals surface area contributed by atoms with E-state index in [9.17, 15) is 9.59 Å². The minimum absolute atomic E-state index is 0.0484. The highest BCUT2D eigenvalue weighted by Gasteiger charge is 2.23. The molecular formula is C15H12N2O3. The average Bonchev–Trinajstić information content (AvgIpc) is 3.05. The van der Waals surface area contributed by atoms with Crippen molar-refractivity contribution in [2.45, 2.75) is 13.3 Å². The first-order valence-corrected chi connectivity index (χ1v) is 6.20. The maximum Gasteiger partial charge on any atom is 0.253 e. The molecule has 0 aliphatic carbocycles. The molecular weight excluding hydrogens is 256 g/mol.